The predicted molar refractivity (Wildman–Crippen MR) is 86.5 cm³/mol. The van der Waals surface area contributed by atoms with Crippen LogP contribution >= 0.6 is 22.9 Å². The minimum absolute atomic E-state index is 0.503. The minimum atomic E-state index is 0.503. The van der Waals surface area contributed by atoms with Gasteiger partial charge in [-0.05, 0) is 25.0 Å². The van der Waals surface area contributed by atoms with Crippen molar-refractivity contribution in [1.82, 2.24) is 10.3 Å². The molecule has 1 N–H and O–H groups in total. The number of benzene rings is 1. The zero-order valence-corrected chi connectivity index (χ0v) is 13.4. The number of rotatable bonds is 5. The van der Waals surface area contributed by atoms with Crippen molar-refractivity contribution in [3.05, 3.63) is 39.9 Å². The molecule has 2 aromatic rings. The van der Waals surface area contributed by atoms with Crippen molar-refractivity contribution in [3.63, 3.8) is 0 Å². The van der Waals surface area contributed by atoms with Gasteiger partial charge in [0.05, 0.1) is 5.69 Å². The molecule has 0 atom stereocenters. The van der Waals surface area contributed by atoms with Crippen molar-refractivity contribution >= 4 is 22.9 Å². The Labute approximate surface area is 129 Å². The van der Waals surface area contributed by atoms with Crippen LogP contribution in [-0.2, 0) is 6.54 Å². The first-order valence-corrected chi connectivity index (χ1v) is 8.32. The third-order valence-electron chi connectivity index (χ3n) is 3.45. The Balaban J connectivity index is 1.88. The van der Waals surface area contributed by atoms with Crippen molar-refractivity contribution in [2.75, 3.05) is 0 Å². The Kier molecular flexibility index (Phi) is 4.11. The van der Waals surface area contributed by atoms with Crippen LogP contribution in [0.1, 0.15) is 43.2 Å². The van der Waals surface area contributed by atoms with E-state index in [0.717, 1.165) is 22.1 Å². The van der Waals surface area contributed by atoms with Gasteiger partial charge in [0, 0.05) is 34.0 Å². The Morgan fingerprint density at radius 2 is 2.00 bits per heavy atom. The molecule has 1 aromatic heterocycles. The van der Waals surface area contributed by atoms with Crippen molar-refractivity contribution in [3.8, 4) is 10.6 Å². The van der Waals surface area contributed by atoms with Gasteiger partial charge in [-0.25, -0.2) is 4.98 Å². The van der Waals surface area contributed by atoms with Crippen molar-refractivity contribution < 1.29 is 0 Å². The van der Waals surface area contributed by atoms with Gasteiger partial charge in [-0.15, -0.1) is 11.3 Å². The molecular weight excluding hydrogens is 288 g/mol. The molecule has 0 spiro atoms. The maximum absolute atomic E-state index is 5.95. The fraction of sp³-hybridized carbons (Fsp3) is 0.438. The number of nitrogens with zero attached hydrogens (tertiary/aromatic N) is 1. The van der Waals surface area contributed by atoms with Crippen LogP contribution < -0.4 is 5.32 Å². The van der Waals surface area contributed by atoms with Crippen LogP contribution in [0.5, 0.6) is 0 Å². The van der Waals surface area contributed by atoms with Crippen molar-refractivity contribution in [2.45, 2.75) is 45.2 Å². The Hall–Kier alpha value is -0.900. The summed E-state index contributed by atoms with van der Waals surface area (Å²) < 4.78 is 0. The van der Waals surface area contributed by atoms with E-state index in [-0.39, 0.29) is 0 Å². The van der Waals surface area contributed by atoms with Gasteiger partial charge < -0.3 is 5.32 Å². The van der Waals surface area contributed by atoms with E-state index in [1.165, 1.54) is 23.4 Å². The van der Waals surface area contributed by atoms with E-state index in [4.69, 9.17) is 16.6 Å². The SMILES string of the molecule is CC(C)NCc1sc(-c2ccc(Cl)cc2)nc1C1CC1. The van der Waals surface area contributed by atoms with Crippen LogP contribution in [0.2, 0.25) is 5.02 Å². The second-order valence-electron chi connectivity index (χ2n) is 5.64. The van der Waals surface area contributed by atoms with Gasteiger partial charge in [0.2, 0.25) is 0 Å². The van der Waals surface area contributed by atoms with E-state index in [1.54, 1.807) is 0 Å². The molecule has 4 heteroatoms. The molecule has 3 rings (SSSR count). The predicted octanol–water partition coefficient (Wildman–Crippen LogP) is 4.84. The normalized spacial score (nSPS) is 15.0. The second-order valence-corrected chi connectivity index (χ2v) is 7.16. The lowest BCUT2D eigenvalue weighted by Crippen LogP contribution is -2.21. The highest BCUT2D eigenvalue weighted by molar-refractivity contribution is 7.15. The molecule has 1 saturated carbocycles. The van der Waals surface area contributed by atoms with Gasteiger partial charge >= 0.3 is 0 Å². The van der Waals surface area contributed by atoms with Crippen LogP contribution in [0.15, 0.2) is 24.3 Å². The topological polar surface area (TPSA) is 24.9 Å². The van der Waals surface area contributed by atoms with Gasteiger partial charge in [-0.2, -0.15) is 0 Å². The van der Waals surface area contributed by atoms with Crippen molar-refractivity contribution in [2.24, 2.45) is 0 Å². The smallest absolute Gasteiger partial charge is 0.123 e. The zero-order valence-electron chi connectivity index (χ0n) is 11.8. The van der Waals surface area contributed by atoms with Crippen LogP contribution in [0, 0.1) is 0 Å². The van der Waals surface area contributed by atoms with E-state index < -0.39 is 0 Å². The fourth-order valence-corrected chi connectivity index (χ4v) is 3.41. The Bertz CT molecular complexity index is 585. The summed E-state index contributed by atoms with van der Waals surface area (Å²) in [5.41, 5.74) is 2.48. The van der Waals surface area contributed by atoms with Crippen LogP contribution in [-0.4, -0.2) is 11.0 Å². The highest BCUT2D eigenvalue weighted by Crippen LogP contribution is 2.44. The highest BCUT2D eigenvalue weighted by Gasteiger charge is 2.29. The lowest BCUT2D eigenvalue weighted by atomic mass is 10.2. The molecule has 0 saturated heterocycles. The lowest BCUT2D eigenvalue weighted by Gasteiger charge is -2.07. The number of aromatic nitrogens is 1. The summed E-state index contributed by atoms with van der Waals surface area (Å²) >= 11 is 7.77. The summed E-state index contributed by atoms with van der Waals surface area (Å²) in [6, 6.07) is 8.47. The number of hydrogen-bond donors (Lipinski definition) is 1. The van der Waals surface area contributed by atoms with Crippen molar-refractivity contribution in [1.29, 1.82) is 0 Å². The van der Waals surface area contributed by atoms with E-state index >= 15 is 0 Å². The molecule has 0 amide bonds. The molecule has 1 fully saturated rings. The van der Waals surface area contributed by atoms with E-state index in [2.05, 4.69) is 31.3 Å². The number of nitrogens with one attached hydrogen (secondary N) is 1. The molecule has 1 aromatic carbocycles. The molecule has 106 valence electrons. The Morgan fingerprint density at radius 1 is 1.30 bits per heavy atom. The quantitative estimate of drug-likeness (QED) is 0.855. The molecule has 2 nitrogen and oxygen atoms in total. The lowest BCUT2D eigenvalue weighted by molar-refractivity contribution is 0.590. The van der Waals surface area contributed by atoms with Crippen LogP contribution in [0.25, 0.3) is 10.6 Å². The van der Waals surface area contributed by atoms with E-state index in [1.807, 2.05) is 23.5 Å². The molecule has 20 heavy (non-hydrogen) atoms. The summed E-state index contributed by atoms with van der Waals surface area (Å²) in [5.74, 6) is 0.691. The maximum atomic E-state index is 5.95. The second kappa shape index (κ2) is 5.84. The monoisotopic (exact) mass is 306 g/mol. The minimum Gasteiger partial charge on any atom is -0.310 e. The largest absolute Gasteiger partial charge is 0.310 e. The third-order valence-corrected chi connectivity index (χ3v) is 4.83. The molecule has 0 bridgehead atoms. The number of hydrogen-bond acceptors (Lipinski definition) is 3. The molecule has 1 aliphatic carbocycles. The molecule has 1 aliphatic rings. The molecule has 0 aliphatic heterocycles. The van der Waals surface area contributed by atoms with Crippen LogP contribution in [0.3, 0.4) is 0 Å². The zero-order chi connectivity index (χ0) is 14.1. The molecule has 0 radical (unpaired) electrons. The van der Waals surface area contributed by atoms with E-state index in [9.17, 15) is 0 Å². The summed E-state index contributed by atoms with van der Waals surface area (Å²) in [6.45, 7) is 5.28. The summed E-state index contributed by atoms with van der Waals surface area (Å²) in [7, 11) is 0. The third kappa shape index (κ3) is 3.22. The number of halogens is 1. The van der Waals surface area contributed by atoms with Gasteiger partial charge in [0.25, 0.3) is 0 Å². The summed E-state index contributed by atoms with van der Waals surface area (Å²) in [4.78, 5) is 6.28. The fourth-order valence-electron chi connectivity index (χ4n) is 2.18. The van der Waals surface area contributed by atoms with Gasteiger partial charge in [-0.3, -0.25) is 0 Å². The average molecular weight is 307 g/mol. The van der Waals surface area contributed by atoms with Gasteiger partial charge in [-0.1, -0.05) is 37.6 Å². The standard InChI is InChI=1S/C16H19ClN2S/c1-10(2)18-9-14-15(11-3-4-11)19-16(20-14)12-5-7-13(17)8-6-12/h5-8,10-11,18H,3-4,9H2,1-2H3. The van der Waals surface area contributed by atoms with Gasteiger partial charge in [0.1, 0.15) is 5.01 Å². The maximum Gasteiger partial charge on any atom is 0.123 e. The average Bonchev–Trinajstić information content (AvgIpc) is 3.18. The highest BCUT2D eigenvalue weighted by atomic mass is 35.5. The van der Waals surface area contributed by atoms with E-state index in [0.29, 0.717) is 12.0 Å². The molecule has 1 heterocycles. The Morgan fingerprint density at radius 3 is 2.60 bits per heavy atom. The molecule has 0 unspecified atom stereocenters. The van der Waals surface area contributed by atoms with Gasteiger partial charge in [0.15, 0.2) is 0 Å². The first kappa shape index (κ1) is 14.1. The number of thiazole rings is 1. The first-order valence-electron chi connectivity index (χ1n) is 7.12. The molecular formula is C16H19ClN2S. The van der Waals surface area contributed by atoms with Crippen LogP contribution in [0.4, 0.5) is 0 Å². The first-order chi connectivity index (χ1) is 9.63. The summed E-state index contributed by atoms with van der Waals surface area (Å²) in [6.07, 6.45) is 2.58. The summed E-state index contributed by atoms with van der Waals surface area (Å²) in [5, 5.41) is 5.40.